The average molecular weight is 373 g/mol. The predicted molar refractivity (Wildman–Crippen MR) is 103 cm³/mol. The zero-order chi connectivity index (χ0) is 17.2. The van der Waals surface area contributed by atoms with E-state index >= 15 is 0 Å². The van der Waals surface area contributed by atoms with Crippen LogP contribution in [0.1, 0.15) is 35.3 Å². The Hall–Kier alpha value is -1.86. The molecule has 0 atom stereocenters. The molecule has 0 aliphatic heterocycles. The van der Waals surface area contributed by atoms with Crippen LogP contribution < -0.4 is 5.32 Å². The van der Waals surface area contributed by atoms with Crippen molar-refractivity contribution in [2.75, 3.05) is 6.26 Å². The highest BCUT2D eigenvalue weighted by atomic mass is 32.2. The normalized spacial score (nSPS) is 14.1. The van der Waals surface area contributed by atoms with Gasteiger partial charge in [-0.1, -0.05) is 12.1 Å². The van der Waals surface area contributed by atoms with Crippen LogP contribution in [0, 0.1) is 0 Å². The molecule has 0 radical (unpaired) electrons. The van der Waals surface area contributed by atoms with Crippen LogP contribution in [0.4, 0.5) is 0 Å². The first kappa shape index (κ1) is 16.6. The highest BCUT2D eigenvalue weighted by Crippen LogP contribution is 2.40. The van der Waals surface area contributed by atoms with Gasteiger partial charge in [-0.15, -0.1) is 11.3 Å². The number of imidazole rings is 1. The number of nitrogens with zero attached hydrogens (tertiary/aromatic N) is 3. The van der Waals surface area contributed by atoms with Crippen LogP contribution in [0.5, 0.6) is 0 Å². The van der Waals surface area contributed by atoms with E-state index in [0.717, 1.165) is 33.3 Å². The van der Waals surface area contributed by atoms with Crippen molar-refractivity contribution in [3.63, 3.8) is 0 Å². The molecule has 1 saturated carbocycles. The van der Waals surface area contributed by atoms with Crippen molar-refractivity contribution in [2.24, 2.45) is 0 Å². The Morgan fingerprint density at radius 2 is 2.20 bits per heavy atom. The molecule has 1 fully saturated rings. The van der Waals surface area contributed by atoms with Crippen LogP contribution in [-0.4, -0.2) is 26.7 Å². The third kappa shape index (κ3) is 3.72. The lowest BCUT2D eigenvalue weighted by Crippen LogP contribution is -2.27. The second-order valence-corrected chi connectivity index (χ2v) is 8.07. The SMILES string of the molecule is CSCc1nc(CNC(=O)Cn2c(C3CC3)nc3ccccc32)cs1. The van der Waals surface area contributed by atoms with E-state index in [0.29, 0.717) is 19.0 Å². The summed E-state index contributed by atoms with van der Waals surface area (Å²) in [5.41, 5.74) is 2.94. The number of amides is 1. The Bertz CT molecular complexity index is 898. The van der Waals surface area contributed by atoms with Gasteiger partial charge in [0.2, 0.25) is 5.91 Å². The standard InChI is InChI=1S/C18H20N4OS2/c1-24-11-17-20-13(10-25-17)8-19-16(23)9-22-15-5-3-2-4-14(15)21-18(22)12-6-7-12/h2-5,10,12H,6-9,11H2,1H3,(H,19,23). The Morgan fingerprint density at radius 3 is 3.00 bits per heavy atom. The predicted octanol–water partition coefficient (Wildman–Crippen LogP) is 3.55. The number of carbonyl (C=O) groups excluding carboxylic acids is 1. The summed E-state index contributed by atoms with van der Waals surface area (Å²) < 4.78 is 2.07. The first-order valence-corrected chi connectivity index (χ1v) is 10.7. The number of hydrogen-bond acceptors (Lipinski definition) is 5. The fourth-order valence-electron chi connectivity index (χ4n) is 2.92. The van der Waals surface area contributed by atoms with Gasteiger partial charge in [0.25, 0.3) is 0 Å². The number of rotatable bonds is 7. The van der Waals surface area contributed by atoms with Crippen molar-refractivity contribution in [2.45, 2.75) is 37.6 Å². The van der Waals surface area contributed by atoms with Gasteiger partial charge in [-0.25, -0.2) is 9.97 Å². The van der Waals surface area contributed by atoms with E-state index in [1.165, 1.54) is 12.8 Å². The molecule has 1 N–H and O–H groups in total. The molecule has 0 unspecified atom stereocenters. The summed E-state index contributed by atoms with van der Waals surface area (Å²) in [5.74, 6) is 2.48. The molecule has 2 heterocycles. The molecule has 1 aromatic carbocycles. The number of para-hydroxylation sites is 2. The minimum Gasteiger partial charge on any atom is -0.349 e. The van der Waals surface area contributed by atoms with Crippen molar-refractivity contribution in [1.29, 1.82) is 0 Å². The van der Waals surface area contributed by atoms with E-state index in [9.17, 15) is 4.79 Å². The molecule has 0 saturated heterocycles. The second-order valence-electron chi connectivity index (χ2n) is 6.26. The van der Waals surface area contributed by atoms with Crippen LogP contribution in [0.2, 0.25) is 0 Å². The molecule has 3 aromatic rings. The highest BCUT2D eigenvalue weighted by molar-refractivity contribution is 7.97. The van der Waals surface area contributed by atoms with Crippen molar-refractivity contribution in [1.82, 2.24) is 19.9 Å². The maximum absolute atomic E-state index is 12.5. The Kier molecular flexibility index (Phi) is 4.76. The minimum absolute atomic E-state index is 0.00414. The number of thiazole rings is 1. The number of aromatic nitrogens is 3. The Labute approximate surface area is 154 Å². The van der Waals surface area contributed by atoms with E-state index in [1.54, 1.807) is 23.1 Å². The third-order valence-corrected chi connectivity index (χ3v) is 5.90. The van der Waals surface area contributed by atoms with Crippen LogP contribution in [-0.2, 0) is 23.6 Å². The molecule has 2 aromatic heterocycles. The monoisotopic (exact) mass is 372 g/mol. The molecule has 0 spiro atoms. The van der Waals surface area contributed by atoms with E-state index < -0.39 is 0 Å². The van der Waals surface area contributed by atoms with Gasteiger partial charge in [-0.05, 0) is 31.2 Å². The van der Waals surface area contributed by atoms with E-state index in [4.69, 9.17) is 4.98 Å². The Balaban J connectivity index is 1.45. The third-order valence-electron chi connectivity index (χ3n) is 4.26. The largest absolute Gasteiger partial charge is 0.349 e. The van der Waals surface area contributed by atoms with Crippen molar-refractivity contribution < 1.29 is 4.79 Å². The molecule has 130 valence electrons. The molecular formula is C18H20N4OS2. The molecule has 0 bridgehead atoms. The lowest BCUT2D eigenvalue weighted by atomic mass is 10.3. The van der Waals surface area contributed by atoms with Gasteiger partial charge in [0, 0.05) is 17.1 Å². The Morgan fingerprint density at radius 1 is 1.36 bits per heavy atom. The van der Waals surface area contributed by atoms with Gasteiger partial charge in [0.05, 0.1) is 23.3 Å². The zero-order valence-corrected chi connectivity index (χ0v) is 15.7. The van der Waals surface area contributed by atoms with Gasteiger partial charge >= 0.3 is 0 Å². The summed E-state index contributed by atoms with van der Waals surface area (Å²) in [5, 5.41) is 6.12. The number of nitrogens with one attached hydrogen (secondary N) is 1. The van der Waals surface area contributed by atoms with Crippen LogP contribution >= 0.6 is 23.1 Å². The number of thioether (sulfide) groups is 1. The number of benzene rings is 1. The molecule has 1 amide bonds. The maximum Gasteiger partial charge on any atom is 0.240 e. The summed E-state index contributed by atoms with van der Waals surface area (Å²) in [6.45, 7) is 0.795. The fourth-order valence-corrected chi connectivity index (χ4v) is 4.44. The lowest BCUT2D eigenvalue weighted by molar-refractivity contribution is -0.121. The first-order chi connectivity index (χ1) is 12.2. The number of fused-ring (bicyclic) bond motifs is 1. The molecular weight excluding hydrogens is 352 g/mol. The van der Waals surface area contributed by atoms with Crippen LogP contribution in [0.3, 0.4) is 0 Å². The highest BCUT2D eigenvalue weighted by Gasteiger charge is 2.30. The van der Waals surface area contributed by atoms with E-state index in [1.807, 2.05) is 29.6 Å². The number of carbonyl (C=O) groups is 1. The average Bonchev–Trinajstić information content (AvgIpc) is 3.26. The number of hydrogen-bond donors (Lipinski definition) is 1. The smallest absolute Gasteiger partial charge is 0.240 e. The molecule has 25 heavy (non-hydrogen) atoms. The quantitative estimate of drug-likeness (QED) is 0.689. The van der Waals surface area contributed by atoms with Crippen molar-refractivity contribution >= 4 is 40.0 Å². The molecule has 1 aliphatic carbocycles. The second kappa shape index (κ2) is 7.17. The topological polar surface area (TPSA) is 59.8 Å². The van der Waals surface area contributed by atoms with E-state index in [-0.39, 0.29) is 5.91 Å². The molecule has 4 rings (SSSR count). The van der Waals surface area contributed by atoms with Gasteiger partial charge < -0.3 is 9.88 Å². The van der Waals surface area contributed by atoms with Crippen molar-refractivity contribution in [3.05, 3.63) is 46.2 Å². The van der Waals surface area contributed by atoms with Gasteiger partial charge in [0.15, 0.2) is 0 Å². The summed E-state index contributed by atoms with van der Waals surface area (Å²) in [6.07, 6.45) is 4.40. The van der Waals surface area contributed by atoms with E-state index in [2.05, 4.69) is 21.1 Å². The molecule has 1 aliphatic rings. The van der Waals surface area contributed by atoms with Crippen molar-refractivity contribution in [3.8, 4) is 0 Å². The lowest BCUT2D eigenvalue weighted by Gasteiger charge is -2.09. The zero-order valence-electron chi connectivity index (χ0n) is 14.1. The first-order valence-electron chi connectivity index (χ1n) is 8.38. The summed E-state index contributed by atoms with van der Waals surface area (Å²) in [7, 11) is 0. The summed E-state index contributed by atoms with van der Waals surface area (Å²) in [6, 6.07) is 8.04. The van der Waals surface area contributed by atoms with Crippen LogP contribution in [0.15, 0.2) is 29.6 Å². The summed E-state index contributed by atoms with van der Waals surface area (Å²) >= 11 is 3.41. The molecule has 7 heteroatoms. The minimum atomic E-state index is 0.00414. The fraction of sp³-hybridized carbons (Fsp3) is 0.389. The molecule has 5 nitrogen and oxygen atoms in total. The van der Waals surface area contributed by atoms with Crippen LogP contribution in [0.25, 0.3) is 11.0 Å². The summed E-state index contributed by atoms with van der Waals surface area (Å²) in [4.78, 5) is 21.7. The van der Waals surface area contributed by atoms with Gasteiger partial charge in [0.1, 0.15) is 17.4 Å². The van der Waals surface area contributed by atoms with Gasteiger partial charge in [-0.3, -0.25) is 4.79 Å². The maximum atomic E-state index is 12.5. The van der Waals surface area contributed by atoms with Gasteiger partial charge in [-0.2, -0.15) is 11.8 Å².